The molecule has 1 N–H and O–H groups in total. The fraction of sp³-hybridized carbons (Fsp3) is 0.235. The molecule has 108 valence electrons. The van der Waals surface area contributed by atoms with Gasteiger partial charge in [-0.2, -0.15) is 5.26 Å². The monoisotopic (exact) mass is 300 g/mol. The molecule has 0 aliphatic heterocycles. The second-order valence-corrected chi connectivity index (χ2v) is 5.20. The molecular weight excluding hydrogens is 284 g/mol. The van der Waals surface area contributed by atoms with Crippen molar-refractivity contribution in [3.8, 4) is 11.8 Å². The van der Waals surface area contributed by atoms with E-state index in [4.69, 9.17) is 21.6 Å². The number of hydrogen-bond acceptors (Lipinski definition) is 3. The molecule has 0 aliphatic rings. The van der Waals surface area contributed by atoms with E-state index in [1.807, 2.05) is 30.3 Å². The van der Waals surface area contributed by atoms with Crippen molar-refractivity contribution in [2.75, 3.05) is 7.11 Å². The quantitative estimate of drug-likeness (QED) is 0.905. The van der Waals surface area contributed by atoms with Crippen LogP contribution in [0.2, 0.25) is 5.02 Å². The van der Waals surface area contributed by atoms with E-state index in [-0.39, 0.29) is 6.04 Å². The Bertz CT molecular complexity index is 647. The number of nitrogens with one attached hydrogen (secondary N) is 1. The van der Waals surface area contributed by atoms with E-state index in [2.05, 4.69) is 18.3 Å². The van der Waals surface area contributed by atoms with Crippen molar-refractivity contribution in [2.24, 2.45) is 0 Å². The van der Waals surface area contributed by atoms with Gasteiger partial charge in [-0.3, -0.25) is 0 Å². The number of ether oxygens (including phenoxy) is 1. The molecule has 3 nitrogen and oxygen atoms in total. The molecule has 0 amide bonds. The Morgan fingerprint density at radius 1 is 1.24 bits per heavy atom. The van der Waals surface area contributed by atoms with E-state index in [9.17, 15) is 0 Å². The van der Waals surface area contributed by atoms with Crippen LogP contribution in [0.15, 0.2) is 42.5 Å². The van der Waals surface area contributed by atoms with Gasteiger partial charge in [0.25, 0.3) is 0 Å². The SMILES string of the molecule is COc1ccc([C@H](C)NCc2ccc(C#N)cc2Cl)cc1. The Labute approximate surface area is 130 Å². The van der Waals surface area contributed by atoms with E-state index in [1.54, 1.807) is 19.2 Å². The Morgan fingerprint density at radius 3 is 2.52 bits per heavy atom. The summed E-state index contributed by atoms with van der Waals surface area (Å²) in [6.45, 7) is 2.75. The zero-order valence-corrected chi connectivity index (χ0v) is 12.8. The molecule has 0 aliphatic carbocycles. The summed E-state index contributed by atoms with van der Waals surface area (Å²) in [4.78, 5) is 0. The molecule has 21 heavy (non-hydrogen) atoms. The average molecular weight is 301 g/mol. The summed E-state index contributed by atoms with van der Waals surface area (Å²) in [7, 11) is 1.66. The maximum Gasteiger partial charge on any atom is 0.118 e. The Balaban J connectivity index is 2.00. The molecule has 0 unspecified atom stereocenters. The Morgan fingerprint density at radius 2 is 1.95 bits per heavy atom. The first kappa shape index (κ1) is 15.4. The van der Waals surface area contributed by atoms with Crippen molar-refractivity contribution in [3.05, 3.63) is 64.2 Å². The molecule has 0 heterocycles. The molecule has 0 saturated carbocycles. The van der Waals surface area contributed by atoms with Crippen LogP contribution in [-0.4, -0.2) is 7.11 Å². The third kappa shape index (κ3) is 3.98. The van der Waals surface area contributed by atoms with Crippen LogP contribution in [-0.2, 0) is 6.54 Å². The van der Waals surface area contributed by atoms with Gasteiger partial charge in [0.1, 0.15) is 5.75 Å². The van der Waals surface area contributed by atoms with Crippen LogP contribution < -0.4 is 10.1 Å². The van der Waals surface area contributed by atoms with Crippen molar-refractivity contribution < 1.29 is 4.74 Å². The van der Waals surface area contributed by atoms with E-state index in [1.165, 1.54) is 5.56 Å². The molecule has 2 aromatic carbocycles. The molecule has 0 saturated heterocycles. The molecule has 0 aromatic heterocycles. The van der Waals surface area contributed by atoms with Gasteiger partial charge in [0.2, 0.25) is 0 Å². The van der Waals surface area contributed by atoms with Crippen LogP contribution in [0.5, 0.6) is 5.75 Å². The first-order chi connectivity index (χ1) is 10.1. The van der Waals surface area contributed by atoms with Crippen molar-refractivity contribution in [3.63, 3.8) is 0 Å². The van der Waals surface area contributed by atoms with Crippen LogP contribution in [0, 0.1) is 11.3 Å². The summed E-state index contributed by atoms with van der Waals surface area (Å²) >= 11 is 6.17. The molecule has 0 bridgehead atoms. The highest BCUT2D eigenvalue weighted by Gasteiger charge is 2.07. The minimum Gasteiger partial charge on any atom is -0.497 e. The standard InChI is InChI=1S/C17H17ClN2O/c1-12(14-5-7-16(21-2)8-6-14)20-11-15-4-3-13(10-19)9-17(15)18/h3-9,12,20H,11H2,1-2H3/t12-/m0/s1. The molecule has 0 radical (unpaired) electrons. The van der Waals surface area contributed by atoms with Gasteiger partial charge in [-0.1, -0.05) is 29.8 Å². The van der Waals surface area contributed by atoms with E-state index < -0.39 is 0 Å². The second kappa shape index (κ2) is 7.12. The van der Waals surface area contributed by atoms with Crippen molar-refractivity contribution in [1.29, 1.82) is 5.26 Å². The molecule has 4 heteroatoms. The summed E-state index contributed by atoms with van der Waals surface area (Å²) in [6, 6.07) is 15.6. The lowest BCUT2D eigenvalue weighted by Gasteiger charge is -2.15. The third-order valence-electron chi connectivity index (χ3n) is 3.40. The van der Waals surface area contributed by atoms with Crippen molar-refractivity contribution in [1.82, 2.24) is 5.32 Å². The normalized spacial score (nSPS) is 11.7. The van der Waals surface area contributed by atoms with Crippen LogP contribution in [0.4, 0.5) is 0 Å². The lowest BCUT2D eigenvalue weighted by Crippen LogP contribution is -2.18. The van der Waals surface area contributed by atoms with Crippen LogP contribution in [0.1, 0.15) is 29.7 Å². The highest BCUT2D eigenvalue weighted by Crippen LogP contribution is 2.20. The molecule has 0 spiro atoms. The van der Waals surface area contributed by atoms with Crippen LogP contribution >= 0.6 is 11.6 Å². The van der Waals surface area contributed by atoms with E-state index in [0.717, 1.165) is 11.3 Å². The van der Waals surface area contributed by atoms with Crippen LogP contribution in [0.25, 0.3) is 0 Å². The Kier molecular flexibility index (Phi) is 5.21. The van der Waals surface area contributed by atoms with Gasteiger partial charge in [-0.15, -0.1) is 0 Å². The highest BCUT2D eigenvalue weighted by molar-refractivity contribution is 6.31. The summed E-state index contributed by atoms with van der Waals surface area (Å²) < 4.78 is 5.15. The highest BCUT2D eigenvalue weighted by atomic mass is 35.5. The minimum absolute atomic E-state index is 0.197. The number of methoxy groups -OCH3 is 1. The van der Waals surface area contributed by atoms with E-state index >= 15 is 0 Å². The van der Waals surface area contributed by atoms with Crippen LogP contribution in [0.3, 0.4) is 0 Å². The number of nitriles is 1. The average Bonchev–Trinajstić information content (AvgIpc) is 2.53. The zero-order valence-electron chi connectivity index (χ0n) is 12.1. The molecule has 0 fully saturated rings. The van der Waals surface area contributed by atoms with Gasteiger partial charge in [-0.25, -0.2) is 0 Å². The van der Waals surface area contributed by atoms with Gasteiger partial charge in [0.05, 0.1) is 18.7 Å². The van der Waals surface area contributed by atoms with Crippen molar-refractivity contribution in [2.45, 2.75) is 19.5 Å². The first-order valence-corrected chi connectivity index (χ1v) is 7.07. The van der Waals surface area contributed by atoms with Gasteiger partial charge < -0.3 is 10.1 Å². The predicted molar refractivity (Wildman–Crippen MR) is 84.4 cm³/mol. The lowest BCUT2D eigenvalue weighted by atomic mass is 10.1. The summed E-state index contributed by atoms with van der Waals surface area (Å²) in [6.07, 6.45) is 0. The van der Waals surface area contributed by atoms with Gasteiger partial charge >= 0.3 is 0 Å². The zero-order chi connectivity index (χ0) is 15.2. The minimum atomic E-state index is 0.197. The summed E-state index contributed by atoms with van der Waals surface area (Å²) in [5.74, 6) is 0.848. The fourth-order valence-electron chi connectivity index (χ4n) is 2.03. The first-order valence-electron chi connectivity index (χ1n) is 6.70. The largest absolute Gasteiger partial charge is 0.497 e. The maximum absolute atomic E-state index is 8.83. The fourth-order valence-corrected chi connectivity index (χ4v) is 2.28. The number of halogens is 1. The number of rotatable bonds is 5. The number of hydrogen-bond donors (Lipinski definition) is 1. The van der Waals surface area contributed by atoms with Gasteiger partial charge in [0, 0.05) is 17.6 Å². The Hall–Kier alpha value is -2.02. The molecule has 2 rings (SSSR count). The lowest BCUT2D eigenvalue weighted by molar-refractivity contribution is 0.414. The topological polar surface area (TPSA) is 45.0 Å². The smallest absolute Gasteiger partial charge is 0.118 e. The number of benzene rings is 2. The van der Waals surface area contributed by atoms with Gasteiger partial charge in [0.15, 0.2) is 0 Å². The van der Waals surface area contributed by atoms with E-state index in [0.29, 0.717) is 17.1 Å². The second-order valence-electron chi connectivity index (χ2n) is 4.79. The summed E-state index contributed by atoms with van der Waals surface area (Å²) in [5, 5.41) is 12.9. The molecular formula is C17H17ClN2O. The maximum atomic E-state index is 8.83. The molecule has 1 atom stereocenters. The predicted octanol–water partition coefficient (Wildman–Crippen LogP) is 4.07. The van der Waals surface area contributed by atoms with Crippen molar-refractivity contribution >= 4 is 11.6 Å². The molecule has 2 aromatic rings. The summed E-state index contributed by atoms with van der Waals surface area (Å²) in [5.41, 5.74) is 2.74. The number of nitrogens with zero attached hydrogens (tertiary/aromatic N) is 1. The third-order valence-corrected chi connectivity index (χ3v) is 3.75. The van der Waals surface area contributed by atoms with Gasteiger partial charge in [-0.05, 0) is 42.3 Å².